The number of rotatable bonds is 5. The Hall–Kier alpha value is -1.59. The Kier molecular flexibility index (Phi) is 5.24. The van der Waals surface area contributed by atoms with E-state index in [0.717, 1.165) is 42.4 Å². The molecule has 0 amide bonds. The van der Waals surface area contributed by atoms with Gasteiger partial charge in [0.25, 0.3) is 0 Å². The summed E-state index contributed by atoms with van der Waals surface area (Å²) in [6, 6.07) is 0. The molecule has 8 bridgehead atoms. The van der Waals surface area contributed by atoms with Gasteiger partial charge < -0.3 is 14.2 Å². The Morgan fingerprint density at radius 1 is 0.632 bits per heavy atom. The standard InChI is InChI=1S/C32H44O6/c1-32(2,3)38-23(33)13-36-30(34)28-20-12-21(27-17-7-6-16(9-17)26(20)27)29(28)31(35)37-22-11-18-10-19(22)25-15-5-4-14(8-15)24(18)25/h14-22,24-29H,4-13H2,1-3H3. The maximum Gasteiger partial charge on any atom is 0.344 e. The number of ether oxygens (including phenoxy) is 3. The van der Waals surface area contributed by atoms with Crippen molar-refractivity contribution in [1.82, 2.24) is 0 Å². The quantitative estimate of drug-likeness (QED) is 0.285. The molecule has 0 saturated heterocycles. The Morgan fingerprint density at radius 3 is 1.79 bits per heavy atom. The van der Waals surface area contributed by atoms with Crippen molar-refractivity contribution in [2.24, 2.45) is 82.9 Å². The lowest BCUT2D eigenvalue weighted by molar-refractivity contribution is -0.177. The van der Waals surface area contributed by atoms with Gasteiger partial charge in [-0.05, 0) is 150 Å². The molecule has 6 heteroatoms. The average molecular weight is 525 g/mol. The molecule has 208 valence electrons. The summed E-state index contributed by atoms with van der Waals surface area (Å²) in [7, 11) is 0. The number of carbonyl (C=O) groups excluding carboxylic acids is 3. The van der Waals surface area contributed by atoms with Crippen LogP contribution in [-0.2, 0) is 28.6 Å². The third-order valence-electron chi connectivity index (χ3n) is 13.1. The van der Waals surface area contributed by atoms with Crippen LogP contribution in [-0.4, -0.2) is 36.2 Å². The second kappa shape index (κ2) is 8.22. The summed E-state index contributed by atoms with van der Waals surface area (Å²) >= 11 is 0. The van der Waals surface area contributed by atoms with Gasteiger partial charge >= 0.3 is 17.9 Å². The predicted molar refractivity (Wildman–Crippen MR) is 137 cm³/mol. The van der Waals surface area contributed by atoms with E-state index in [4.69, 9.17) is 14.2 Å². The van der Waals surface area contributed by atoms with Gasteiger partial charge in [-0.2, -0.15) is 0 Å². The van der Waals surface area contributed by atoms with E-state index in [1.807, 2.05) is 0 Å². The second-order valence-corrected chi connectivity index (χ2v) is 15.7. The van der Waals surface area contributed by atoms with Gasteiger partial charge in [0, 0.05) is 0 Å². The molecule has 0 aromatic rings. The van der Waals surface area contributed by atoms with Crippen LogP contribution in [0.15, 0.2) is 0 Å². The molecule has 0 radical (unpaired) electrons. The first-order valence-corrected chi connectivity index (χ1v) is 15.8. The minimum atomic E-state index is -0.628. The third kappa shape index (κ3) is 3.39. The van der Waals surface area contributed by atoms with Gasteiger partial charge in [0.05, 0.1) is 11.8 Å². The van der Waals surface area contributed by atoms with E-state index in [0.29, 0.717) is 29.6 Å². The molecule has 8 saturated carbocycles. The van der Waals surface area contributed by atoms with Crippen molar-refractivity contribution < 1.29 is 28.6 Å². The third-order valence-corrected chi connectivity index (χ3v) is 13.1. The maximum absolute atomic E-state index is 14.0. The van der Waals surface area contributed by atoms with E-state index in [2.05, 4.69) is 0 Å². The van der Waals surface area contributed by atoms with Gasteiger partial charge in [-0.25, -0.2) is 4.79 Å². The Labute approximate surface area is 226 Å². The highest BCUT2D eigenvalue weighted by atomic mass is 16.6. The number of hydrogen-bond donors (Lipinski definition) is 0. The molecule has 0 aromatic heterocycles. The van der Waals surface area contributed by atoms with E-state index in [1.54, 1.807) is 20.8 Å². The van der Waals surface area contributed by atoms with E-state index in [-0.39, 0.29) is 36.5 Å². The molecule has 8 aliphatic rings. The SMILES string of the molecule is CC(C)(C)OC(=O)COC(=O)C1C2CC(C1C(=O)OC1CC3CC1C1C4CCC(C4)C31)C1C3CCC(C3)C21. The lowest BCUT2D eigenvalue weighted by Gasteiger charge is -2.42. The van der Waals surface area contributed by atoms with Crippen LogP contribution in [0.1, 0.15) is 78.6 Å². The summed E-state index contributed by atoms with van der Waals surface area (Å²) in [5.74, 6) is 5.76. The number of fused-ring (bicyclic) bond motifs is 18. The van der Waals surface area contributed by atoms with Gasteiger partial charge in [0.1, 0.15) is 11.7 Å². The van der Waals surface area contributed by atoms with Gasteiger partial charge in [-0.15, -0.1) is 0 Å². The van der Waals surface area contributed by atoms with Crippen LogP contribution >= 0.6 is 0 Å². The fourth-order valence-electron chi connectivity index (χ4n) is 12.7. The summed E-state index contributed by atoms with van der Waals surface area (Å²) < 4.78 is 17.4. The zero-order valence-corrected chi connectivity index (χ0v) is 23.2. The molecule has 0 aliphatic heterocycles. The fraction of sp³-hybridized carbons (Fsp3) is 0.906. The van der Waals surface area contributed by atoms with E-state index < -0.39 is 23.4 Å². The number of hydrogen-bond acceptors (Lipinski definition) is 6. The summed E-state index contributed by atoms with van der Waals surface area (Å²) in [6.07, 6.45) is 11.3. The van der Waals surface area contributed by atoms with Crippen molar-refractivity contribution in [2.45, 2.75) is 90.3 Å². The Balaban J connectivity index is 1.00. The first kappa shape index (κ1) is 24.2. The molecule has 15 unspecified atom stereocenters. The summed E-state index contributed by atoms with van der Waals surface area (Å²) in [5.41, 5.74) is -0.628. The van der Waals surface area contributed by atoms with Gasteiger partial charge in [0.15, 0.2) is 6.61 Å². The molecule has 0 N–H and O–H groups in total. The Morgan fingerprint density at radius 2 is 1.18 bits per heavy atom. The van der Waals surface area contributed by atoms with Crippen molar-refractivity contribution >= 4 is 17.9 Å². The number of carbonyl (C=O) groups is 3. The summed E-state index contributed by atoms with van der Waals surface area (Å²) in [5, 5.41) is 0. The monoisotopic (exact) mass is 524 g/mol. The van der Waals surface area contributed by atoms with Crippen LogP contribution in [0.2, 0.25) is 0 Å². The maximum atomic E-state index is 14.0. The fourth-order valence-corrected chi connectivity index (χ4v) is 12.7. The molecule has 8 fully saturated rings. The van der Waals surface area contributed by atoms with Crippen molar-refractivity contribution in [3.8, 4) is 0 Å². The van der Waals surface area contributed by atoms with Crippen molar-refractivity contribution in [1.29, 1.82) is 0 Å². The molecule has 8 aliphatic carbocycles. The van der Waals surface area contributed by atoms with E-state index >= 15 is 0 Å². The highest BCUT2D eigenvalue weighted by molar-refractivity contribution is 5.85. The van der Waals surface area contributed by atoms with Crippen LogP contribution < -0.4 is 0 Å². The van der Waals surface area contributed by atoms with Crippen LogP contribution in [0.3, 0.4) is 0 Å². The van der Waals surface area contributed by atoms with Crippen molar-refractivity contribution in [2.75, 3.05) is 6.61 Å². The van der Waals surface area contributed by atoms with Gasteiger partial charge in [0.2, 0.25) is 0 Å². The van der Waals surface area contributed by atoms with Crippen molar-refractivity contribution in [3.63, 3.8) is 0 Å². The van der Waals surface area contributed by atoms with Crippen LogP contribution in [0.25, 0.3) is 0 Å². The van der Waals surface area contributed by atoms with Crippen molar-refractivity contribution in [3.05, 3.63) is 0 Å². The minimum absolute atomic E-state index is 0.0430. The molecule has 8 rings (SSSR count). The summed E-state index contributed by atoms with van der Waals surface area (Å²) in [6.45, 7) is 5.03. The van der Waals surface area contributed by atoms with Crippen LogP contribution in [0.4, 0.5) is 0 Å². The Bertz CT molecular complexity index is 1050. The molecular weight excluding hydrogens is 480 g/mol. The zero-order chi connectivity index (χ0) is 26.1. The molecule has 0 heterocycles. The first-order chi connectivity index (χ1) is 18.2. The van der Waals surface area contributed by atoms with Crippen LogP contribution in [0, 0.1) is 82.9 Å². The van der Waals surface area contributed by atoms with Gasteiger partial charge in [-0.1, -0.05) is 0 Å². The smallest absolute Gasteiger partial charge is 0.344 e. The van der Waals surface area contributed by atoms with E-state index in [9.17, 15) is 14.4 Å². The second-order valence-electron chi connectivity index (χ2n) is 15.7. The van der Waals surface area contributed by atoms with Gasteiger partial charge in [-0.3, -0.25) is 9.59 Å². The number of esters is 3. The summed E-state index contributed by atoms with van der Waals surface area (Å²) in [4.78, 5) is 39.9. The highest BCUT2D eigenvalue weighted by Crippen LogP contribution is 2.71. The lowest BCUT2D eigenvalue weighted by Crippen LogP contribution is -2.47. The zero-order valence-electron chi connectivity index (χ0n) is 23.2. The molecule has 6 nitrogen and oxygen atoms in total. The largest absolute Gasteiger partial charge is 0.462 e. The van der Waals surface area contributed by atoms with Crippen LogP contribution in [0.5, 0.6) is 0 Å². The van der Waals surface area contributed by atoms with E-state index in [1.165, 1.54) is 44.9 Å². The molecule has 38 heavy (non-hydrogen) atoms. The lowest BCUT2D eigenvalue weighted by atomic mass is 9.63. The molecule has 0 aromatic carbocycles. The molecular formula is C32H44O6. The normalized spacial score (nSPS) is 52.3. The topological polar surface area (TPSA) is 78.9 Å². The first-order valence-electron chi connectivity index (χ1n) is 15.8. The minimum Gasteiger partial charge on any atom is -0.462 e. The highest BCUT2D eigenvalue weighted by Gasteiger charge is 2.70. The molecule has 15 atom stereocenters. The average Bonchev–Trinajstić information content (AvgIpc) is 3.69. The predicted octanol–water partition coefficient (Wildman–Crippen LogP) is 5.03. The molecule has 0 spiro atoms.